The molecule has 0 heterocycles. The fourth-order valence-corrected chi connectivity index (χ4v) is 1.25. The highest BCUT2D eigenvalue weighted by Gasteiger charge is 2.21. The number of benzene rings is 1. The number of nitrogens with zero attached hydrogens (tertiary/aromatic N) is 1. The fraction of sp³-hybridized carbons (Fsp3) is 0.308. The van der Waals surface area contributed by atoms with E-state index in [9.17, 15) is 9.59 Å². The highest BCUT2D eigenvalue weighted by atomic mass is 16.6. The number of hydrogen-bond acceptors (Lipinski definition) is 5. The van der Waals surface area contributed by atoms with E-state index in [2.05, 4.69) is 10.1 Å². The highest BCUT2D eigenvalue weighted by molar-refractivity contribution is 5.83. The van der Waals surface area contributed by atoms with Gasteiger partial charge in [0.2, 0.25) is 6.04 Å². The molecule has 0 aliphatic heterocycles. The number of carbonyl (C=O) groups is 2. The van der Waals surface area contributed by atoms with Gasteiger partial charge < -0.3 is 9.47 Å². The van der Waals surface area contributed by atoms with Crippen LogP contribution in [0.1, 0.15) is 12.5 Å². The summed E-state index contributed by atoms with van der Waals surface area (Å²) in [5.41, 5.74) is 0.808. The average molecular weight is 262 g/mol. The highest BCUT2D eigenvalue weighted by Crippen LogP contribution is 2.00. The van der Waals surface area contributed by atoms with Crippen molar-refractivity contribution in [1.29, 1.82) is 5.26 Å². The van der Waals surface area contributed by atoms with Gasteiger partial charge in [-0.2, -0.15) is 5.26 Å². The first kappa shape index (κ1) is 14.5. The van der Waals surface area contributed by atoms with Crippen molar-refractivity contribution >= 4 is 12.1 Å². The van der Waals surface area contributed by atoms with E-state index in [1.165, 1.54) is 0 Å². The Labute approximate surface area is 110 Å². The molecule has 1 atom stereocenters. The van der Waals surface area contributed by atoms with Gasteiger partial charge in [-0.05, 0) is 12.5 Å². The van der Waals surface area contributed by atoms with Gasteiger partial charge in [-0.25, -0.2) is 9.59 Å². The molecule has 0 spiro atoms. The summed E-state index contributed by atoms with van der Waals surface area (Å²) in [7, 11) is 0. The molecule has 0 aromatic heterocycles. The zero-order chi connectivity index (χ0) is 14.1. The molecule has 1 amide bonds. The van der Waals surface area contributed by atoms with Crippen LogP contribution in [0.4, 0.5) is 4.79 Å². The summed E-state index contributed by atoms with van der Waals surface area (Å²) in [5, 5.41) is 10.9. The monoisotopic (exact) mass is 262 g/mol. The number of carbonyl (C=O) groups excluding carboxylic acids is 2. The molecule has 0 unspecified atom stereocenters. The average Bonchev–Trinajstić information content (AvgIpc) is 2.44. The lowest BCUT2D eigenvalue weighted by atomic mass is 10.2. The van der Waals surface area contributed by atoms with Gasteiger partial charge in [0.1, 0.15) is 6.61 Å². The van der Waals surface area contributed by atoms with E-state index >= 15 is 0 Å². The molecule has 1 aromatic carbocycles. The van der Waals surface area contributed by atoms with E-state index < -0.39 is 18.1 Å². The number of ether oxygens (including phenoxy) is 2. The molecule has 0 fully saturated rings. The summed E-state index contributed by atoms with van der Waals surface area (Å²) in [6.45, 7) is 1.81. The standard InChI is InChI=1S/C13H14N2O4/c1-2-18-12(16)11(8-14)15-13(17)19-9-10-6-4-3-5-7-10/h3-7,11H,2,9H2,1H3,(H,15,17)/t11-/m1/s1. The Balaban J connectivity index is 2.42. The topological polar surface area (TPSA) is 88.4 Å². The number of alkyl carbamates (subject to hydrolysis) is 1. The maximum Gasteiger partial charge on any atom is 0.408 e. The quantitative estimate of drug-likeness (QED) is 0.809. The Morgan fingerprint density at radius 1 is 1.32 bits per heavy atom. The van der Waals surface area contributed by atoms with Crippen LogP contribution in [0.25, 0.3) is 0 Å². The lowest BCUT2D eigenvalue weighted by Crippen LogP contribution is -2.41. The van der Waals surface area contributed by atoms with E-state index in [4.69, 9.17) is 10.00 Å². The molecule has 1 aromatic rings. The first-order valence-electron chi connectivity index (χ1n) is 5.70. The van der Waals surface area contributed by atoms with Crippen molar-refractivity contribution in [1.82, 2.24) is 5.32 Å². The number of amides is 1. The van der Waals surface area contributed by atoms with Crippen LogP contribution in [-0.4, -0.2) is 24.7 Å². The second kappa shape index (κ2) is 7.71. The Bertz CT molecular complexity index is 467. The van der Waals surface area contributed by atoms with Gasteiger partial charge in [0.25, 0.3) is 0 Å². The van der Waals surface area contributed by atoms with E-state index in [-0.39, 0.29) is 13.2 Å². The molecule has 0 aliphatic carbocycles. The summed E-state index contributed by atoms with van der Waals surface area (Å²) in [6.07, 6.45) is -0.844. The van der Waals surface area contributed by atoms with Gasteiger partial charge in [0.05, 0.1) is 12.7 Å². The Morgan fingerprint density at radius 2 is 2.00 bits per heavy atom. The molecule has 100 valence electrons. The number of hydrogen-bond donors (Lipinski definition) is 1. The summed E-state index contributed by atoms with van der Waals surface area (Å²) in [6, 6.07) is 9.32. The van der Waals surface area contributed by atoms with Crippen LogP contribution in [0.5, 0.6) is 0 Å². The number of esters is 1. The largest absolute Gasteiger partial charge is 0.464 e. The number of nitrogens with one attached hydrogen (secondary N) is 1. The van der Waals surface area contributed by atoms with Crippen molar-refractivity contribution in [3.63, 3.8) is 0 Å². The van der Waals surface area contributed by atoms with Gasteiger partial charge >= 0.3 is 12.1 Å². The zero-order valence-corrected chi connectivity index (χ0v) is 10.5. The SMILES string of the molecule is CCOC(=O)[C@@H](C#N)NC(=O)OCc1ccccc1. The van der Waals surface area contributed by atoms with E-state index in [0.717, 1.165) is 5.56 Å². The molecule has 0 saturated heterocycles. The maximum atomic E-state index is 11.4. The summed E-state index contributed by atoms with van der Waals surface area (Å²) in [5.74, 6) is -0.804. The molecule has 0 radical (unpaired) electrons. The summed E-state index contributed by atoms with van der Waals surface area (Å²) >= 11 is 0. The zero-order valence-electron chi connectivity index (χ0n) is 10.5. The lowest BCUT2D eigenvalue weighted by Gasteiger charge is -2.10. The molecule has 1 N–H and O–H groups in total. The van der Waals surface area contributed by atoms with Crippen LogP contribution in [0, 0.1) is 11.3 Å². The Morgan fingerprint density at radius 3 is 2.58 bits per heavy atom. The molecule has 6 heteroatoms. The normalized spacial score (nSPS) is 10.9. The van der Waals surface area contributed by atoms with E-state index in [1.54, 1.807) is 25.1 Å². The first-order valence-corrected chi connectivity index (χ1v) is 5.70. The van der Waals surface area contributed by atoms with Crippen LogP contribution < -0.4 is 5.32 Å². The predicted molar refractivity (Wildman–Crippen MR) is 65.8 cm³/mol. The van der Waals surface area contributed by atoms with Crippen molar-refractivity contribution in [2.75, 3.05) is 6.61 Å². The van der Waals surface area contributed by atoms with Gasteiger partial charge in [-0.3, -0.25) is 5.32 Å². The molecule has 1 rings (SSSR count). The second-order valence-corrected chi connectivity index (χ2v) is 3.52. The van der Waals surface area contributed by atoms with Gasteiger partial charge in [0, 0.05) is 0 Å². The van der Waals surface area contributed by atoms with Crippen LogP contribution >= 0.6 is 0 Å². The molecule has 19 heavy (non-hydrogen) atoms. The second-order valence-electron chi connectivity index (χ2n) is 3.52. The first-order chi connectivity index (χ1) is 9.17. The third-order valence-corrected chi connectivity index (χ3v) is 2.13. The third kappa shape index (κ3) is 5.08. The number of rotatable bonds is 5. The van der Waals surface area contributed by atoms with Gasteiger partial charge in [0.15, 0.2) is 0 Å². The molecule has 0 saturated carbocycles. The molecular weight excluding hydrogens is 248 g/mol. The molecule has 0 aliphatic rings. The van der Waals surface area contributed by atoms with E-state index in [0.29, 0.717) is 0 Å². The molecular formula is C13H14N2O4. The summed E-state index contributed by atoms with van der Waals surface area (Å²) in [4.78, 5) is 22.7. The van der Waals surface area contributed by atoms with Crippen LogP contribution in [0.3, 0.4) is 0 Å². The van der Waals surface area contributed by atoms with Crippen molar-refractivity contribution in [3.8, 4) is 6.07 Å². The fourth-order valence-electron chi connectivity index (χ4n) is 1.25. The van der Waals surface area contributed by atoms with Crippen molar-refractivity contribution in [3.05, 3.63) is 35.9 Å². The van der Waals surface area contributed by atoms with E-state index in [1.807, 2.05) is 18.2 Å². The lowest BCUT2D eigenvalue weighted by molar-refractivity contribution is -0.143. The maximum absolute atomic E-state index is 11.4. The minimum atomic E-state index is -1.36. The van der Waals surface area contributed by atoms with Crippen molar-refractivity contribution < 1.29 is 19.1 Å². The third-order valence-electron chi connectivity index (χ3n) is 2.13. The minimum Gasteiger partial charge on any atom is -0.464 e. The number of nitriles is 1. The summed E-state index contributed by atoms with van der Waals surface area (Å²) < 4.78 is 9.51. The molecule has 0 bridgehead atoms. The van der Waals surface area contributed by atoms with Crippen LogP contribution in [-0.2, 0) is 20.9 Å². The molecule has 6 nitrogen and oxygen atoms in total. The van der Waals surface area contributed by atoms with Crippen molar-refractivity contribution in [2.45, 2.75) is 19.6 Å². The van der Waals surface area contributed by atoms with Crippen LogP contribution in [0.2, 0.25) is 0 Å². The Hall–Kier alpha value is -2.55. The Kier molecular flexibility index (Phi) is 5.89. The minimum absolute atomic E-state index is 0.0631. The van der Waals surface area contributed by atoms with Gasteiger partial charge in [-0.15, -0.1) is 0 Å². The van der Waals surface area contributed by atoms with Gasteiger partial charge in [-0.1, -0.05) is 30.3 Å². The van der Waals surface area contributed by atoms with Crippen molar-refractivity contribution in [2.24, 2.45) is 0 Å². The van der Waals surface area contributed by atoms with Crippen LogP contribution in [0.15, 0.2) is 30.3 Å². The predicted octanol–water partition coefficient (Wildman–Crippen LogP) is 1.37. The smallest absolute Gasteiger partial charge is 0.408 e.